The Balaban J connectivity index is 2.00. The number of nitrogens with two attached hydrogens (primary N) is 1. The van der Waals surface area contributed by atoms with Crippen LogP contribution in [0.3, 0.4) is 0 Å². The van der Waals surface area contributed by atoms with Gasteiger partial charge in [0.05, 0.1) is 6.61 Å². The van der Waals surface area contributed by atoms with Gasteiger partial charge >= 0.3 is 0 Å². The number of aryl methyl sites for hydroxylation is 2. The second-order valence-electron chi connectivity index (χ2n) is 8.42. The van der Waals surface area contributed by atoms with Gasteiger partial charge in [-0.2, -0.15) is 0 Å². The van der Waals surface area contributed by atoms with Gasteiger partial charge < -0.3 is 0 Å². The minimum atomic E-state index is -0.386. The Morgan fingerprint density at radius 2 is 1.44 bits per heavy atom. The topological polar surface area (TPSA) is 98.5 Å². The molecule has 5 aromatic rings. The number of aldehydes is 1. The summed E-state index contributed by atoms with van der Waals surface area (Å²) in [6.45, 7) is 4.16. The molecule has 6 heteroatoms. The first-order valence-corrected chi connectivity index (χ1v) is 10.3. The van der Waals surface area contributed by atoms with Crippen molar-refractivity contribution in [3.8, 4) is 0 Å². The van der Waals surface area contributed by atoms with Gasteiger partial charge in [0.25, 0.3) is 11.8 Å². The van der Waals surface area contributed by atoms with E-state index in [9.17, 15) is 14.4 Å². The molecule has 0 radical (unpaired) electrons. The Morgan fingerprint density at radius 1 is 0.812 bits per heavy atom. The predicted molar refractivity (Wildman–Crippen MR) is 123 cm³/mol. The number of amides is 2. The van der Waals surface area contributed by atoms with Gasteiger partial charge in [0.15, 0.2) is 6.29 Å². The fraction of sp³-hybridized carbons (Fsp3) is 0.115. The minimum absolute atomic E-state index is 0.176. The number of hydrogen-bond acceptors (Lipinski definition) is 5. The molecule has 0 spiro atoms. The molecule has 0 atom stereocenters. The lowest BCUT2D eigenvalue weighted by Crippen LogP contribution is -2.34. The van der Waals surface area contributed by atoms with Crippen molar-refractivity contribution in [3.63, 3.8) is 0 Å². The maximum atomic E-state index is 12.7. The summed E-state index contributed by atoms with van der Waals surface area (Å²) in [4.78, 5) is 42.2. The van der Waals surface area contributed by atoms with Crippen LogP contribution in [0.2, 0.25) is 0 Å². The Hall–Kier alpha value is -3.87. The monoisotopic (exact) mass is 422 g/mol. The standard InChI is InChI=1S/C26H18N2O4/c1-11-7-14(10-32-27)21-13(9-29)3-4-15-20-12(2)8-18-22-17(25(30)28-26(18)31)6-5-16(24(20)22)19(11)23(15)21/h3-9H,10,27H2,1-2H3,(H,28,30,31). The largest absolute Gasteiger partial charge is 0.300 e. The first kappa shape index (κ1) is 18.9. The van der Waals surface area contributed by atoms with Gasteiger partial charge in [-0.05, 0) is 80.4 Å². The van der Waals surface area contributed by atoms with E-state index in [1.54, 1.807) is 6.07 Å². The average molecular weight is 422 g/mol. The highest BCUT2D eigenvalue weighted by atomic mass is 16.6. The molecule has 0 saturated heterocycles. The molecule has 0 unspecified atom stereocenters. The number of rotatable bonds is 3. The molecule has 156 valence electrons. The van der Waals surface area contributed by atoms with Gasteiger partial charge in [-0.1, -0.05) is 24.3 Å². The van der Waals surface area contributed by atoms with Crippen LogP contribution in [0.25, 0.3) is 43.1 Å². The lowest BCUT2D eigenvalue weighted by Gasteiger charge is -2.24. The summed E-state index contributed by atoms with van der Waals surface area (Å²) in [6.07, 6.45) is 0.851. The second kappa shape index (κ2) is 6.32. The molecule has 6 nitrogen and oxygen atoms in total. The van der Waals surface area contributed by atoms with Crippen molar-refractivity contribution >= 4 is 61.2 Å². The van der Waals surface area contributed by atoms with E-state index in [2.05, 4.69) is 5.32 Å². The van der Waals surface area contributed by atoms with Crippen LogP contribution in [-0.2, 0) is 11.4 Å². The van der Waals surface area contributed by atoms with E-state index >= 15 is 0 Å². The van der Waals surface area contributed by atoms with Crippen molar-refractivity contribution < 1.29 is 19.2 Å². The van der Waals surface area contributed by atoms with Gasteiger partial charge in [-0.15, -0.1) is 0 Å². The molecule has 0 saturated carbocycles. The van der Waals surface area contributed by atoms with Crippen LogP contribution in [0.4, 0.5) is 0 Å². The predicted octanol–water partition coefficient (Wildman–Crippen LogP) is 4.44. The molecule has 0 aliphatic carbocycles. The Bertz CT molecular complexity index is 1680. The van der Waals surface area contributed by atoms with Crippen LogP contribution in [0.15, 0.2) is 36.4 Å². The van der Waals surface area contributed by atoms with Crippen molar-refractivity contribution in [2.45, 2.75) is 20.5 Å². The zero-order chi connectivity index (χ0) is 22.3. The van der Waals surface area contributed by atoms with Crippen LogP contribution in [0.5, 0.6) is 0 Å². The molecule has 0 bridgehead atoms. The summed E-state index contributed by atoms with van der Waals surface area (Å²) in [6, 6.07) is 11.3. The molecule has 1 heterocycles. The number of hydrogen-bond donors (Lipinski definition) is 2. The van der Waals surface area contributed by atoms with Crippen molar-refractivity contribution in [2.24, 2.45) is 5.90 Å². The van der Waals surface area contributed by atoms with E-state index in [4.69, 9.17) is 10.7 Å². The number of carbonyl (C=O) groups is 3. The molecule has 0 fully saturated rings. The zero-order valence-corrected chi connectivity index (χ0v) is 17.5. The molecule has 6 rings (SSSR count). The van der Waals surface area contributed by atoms with Gasteiger partial charge in [0, 0.05) is 22.1 Å². The zero-order valence-electron chi connectivity index (χ0n) is 17.5. The van der Waals surface area contributed by atoms with Crippen molar-refractivity contribution in [1.82, 2.24) is 5.32 Å². The van der Waals surface area contributed by atoms with Gasteiger partial charge in [-0.3, -0.25) is 24.5 Å². The maximum Gasteiger partial charge on any atom is 0.258 e. The normalized spacial score (nSPS) is 13.6. The highest BCUT2D eigenvalue weighted by molar-refractivity contribution is 6.40. The fourth-order valence-corrected chi connectivity index (χ4v) is 5.55. The molecule has 32 heavy (non-hydrogen) atoms. The van der Waals surface area contributed by atoms with Crippen LogP contribution >= 0.6 is 0 Å². The van der Waals surface area contributed by atoms with Crippen molar-refractivity contribution in [3.05, 3.63) is 69.8 Å². The number of benzene rings is 5. The van der Waals surface area contributed by atoms with Gasteiger partial charge in [-0.25, -0.2) is 5.90 Å². The number of imide groups is 1. The maximum absolute atomic E-state index is 12.7. The second-order valence-corrected chi connectivity index (χ2v) is 8.42. The van der Waals surface area contributed by atoms with E-state index in [0.717, 1.165) is 60.7 Å². The average Bonchev–Trinajstić information content (AvgIpc) is 2.77. The third kappa shape index (κ3) is 2.17. The molecular weight excluding hydrogens is 404 g/mol. The smallest absolute Gasteiger partial charge is 0.258 e. The summed E-state index contributed by atoms with van der Waals surface area (Å²) in [5, 5.41) is 9.69. The third-order valence-corrected chi connectivity index (χ3v) is 6.69. The summed E-state index contributed by atoms with van der Waals surface area (Å²) >= 11 is 0. The lowest BCUT2D eigenvalue weighted by atomic mass is 9.81. The van der Waals surface area contributed by atoms with E-state index < -0.39 is 0 Å². The number of fused-ring (bicyclic) bond motifs is 2. The van der Waals surface area contributed by atoms with Crippen LogP contribution in [0, 0.1) is 13.8 Å². The van der Waals surface area contributed by atoms with E-state index in [1.165, 1.54) is 0 Å². The Morgan fingerprint density at radius 3 is 2.12 bits per heavy atom. The summed E-state index contributed by atoms with van der Waals surface area (Å²) in [5.41, 5.74) is 4.35. The third-order valence-electron chi connectivity index (χ3n) is 6.69. The highest BCUT2D eigenvalue weighted by Crippen LogP contribution is 2.46. The number of carbonyl (C=O) groups excluding carboxylic acids is 3. The number of nitrogens with one attached hydrogen (secondary N) is 1. The first-order valence-electron chi connectivity index (χ1n) is 10.3. The molecule has 1 aliphatic rings. The molecule has 0 aromatic heterocycles. The fourth-order valence-electron chi connectivity index (χ4n) is 5.55. The van der Waals surface area contributed by atoms with E-state index in [0.29, 0.717) is 22.1 Å². The molecule has 3 N–H and O–H groups in total. The summed E-state index contributed by atoms with van der Waals surface area (Å²) in [5.74, 6) is 4.63. The Kier molecular flexibility index (Phi) is 3.73. The van der Waals surface area contributed by atoms with Crippen LogP contribution in [-0.4, -0.2) is 18.1 Å². The highest BCUT2D eigenvalue weighted by Gasteiger charge is 2.29. The molecule has 1 aliphatic heterocycles. The van der Waals surface area contributed by atoms with E-state index in [-0.39, 0.29) is 18.4 Å². The molecule has 2 amide bonds. The SMILES string of the molecule is Cc1cc(CON)c2c(C=O)ccc3c4c(C)cc5c6c(ccc(c1c23)c64)C(=O)NC5=O. The molecule has 5 aromatic carbocycles. The van der Waals surface area contributed by atoms with Crippen molar-refractivity contribution in [2.75, 3.05) is 0 Å². The van der Waals surface area contributed by atoms with Crippen LogP contribution in [0.1, 0.15) is 47.8 Å². The first-order chi connectivity index (χ1) is 15.5. The summed E-state index contributed by atoms with van der Waals surface area (Å²) < 4.78 is 0. The molecular formula is C26H18N2O4. The quantitative estimate of drug-likeness (QED) is 0.147. The van der Waals surface area contributed by atoms with Gasteiger partial charge in [0.1, 0.15) is 0 Å². The Labute approximate surface area is 182 Å². The minimum Gasteiger partial charge on any atom is -0.300 e. The van der Waals surface area contributed by atoms with Crippen LogP contribution < -0.4 is 11.2 Å². The summed E-state index contributed by atoms with van der Waals surface area (Å²) in [7, 11) is 0. The van der Waals surface area contributed by atoms with Gasteiger partial charge in [0.2, 0.25) is 0 Å². The lowest BCUT2D eigenvalue weighted by molar-refractivity contribution is 0.0844. The van der Waals surface area contributed by atoms with Crippen molar-refractivity contribution in [1.29, 1.82) is 0 Å². The van der Waals surface area contributed by atoms with E-state index in [1.807, 2.05) is 44.2 Å².